The van der Waals surface area contributed by atoms with E-state index >= 15 is 0 Å². The average Bonchev–Trinajstić information content (AvgIpc) is 4.16. The zero-order chi connectivity index (χ0) is 50.7. The normalized spacial score (nSPS) is 27.2. The van der Waals surface area contributed by atoms with E-state index in [1.165, 1.54) is 30.8 Å². The summed E-state index contributed by atoms with van der Waals surface area (Å²) >= 11 is 0. The van der Waals surface area contributed by atoms with Crippen molar-refractivity contribution in [2.24, 2.45) is 20.9 Å². The number of anilines is 1. The summed E-state index contributed by atoms with van der Waals surface area (Å²) in [5.41, 5.74) is 2.42. The van der Waals surface area contributed by atoms with Gasteiger partial charge in [0.2, 0.25) is 12.0 Å². The highest BCUT2D eigenvalue weighted by Crippen LogP contribution is 2.57. The third kappa shape index (κ3) is 8.49. The van der Waals surface area contributed by atoms with Crippen LogP contribution in [0, 0.1) is 5.92 Å². The molecule has 5 heterocycles. The van der Waals surface area contributed by atoms with Crippen LogP contribution in [0.2, 0.25) is 0 Å². The summed E-state index contributed by atoms with van der Waals surface area (Å²) in [6, 6.07) is 16.2. The molecule has 20 heteroatoms. The van der Waals surface area contributed by atoms with Crippen LogP contribution in [0.4, 0.5) is 5.82 Å². The molecule has 2 bridgehead atoms. The van der Waals surface area contributed by atoms with Gasteiger partial charge in [0.25, 0.3) is 0 Å². The van der Waals surface area contributed by atoms with Crippen molar-refractivity contribution in [1.82, 2.24) is 4.98 Å². The topological polar surface area (TPSA) is 327 Å². The number of carbonyl (C=O) groups is 1. The van der Waals surface area contributed by atoms with E-state index in [1.54, 1.807) is 60.7 Å². The molecular formula is C52H53N6O14+. The molecule has 8 unspecified atom stereocenters. The Kier molecular flexibility index (Phi) is 12.4. The summed E-state index contributed by atoms with van der Waals surface area (Å²) in [5.74, 6) is -4.19. The number of aliphatic hydroxyl groups is 5. The minimum absolute atomic E-state index is 0.00908. The number of carboxylic acids is 1. The first-order chi connectivity index (χ1) is 34.5. The molecule has 10 rings (SSSR count). The van der Waals surface area contributed by atoms with E-state index in [0.717, 1.165) is 5.56 Å². The zero-order valence-electron chi connectivity index (χ0n) is 38.8. The van der Waals surface area contributed by atoms with E-state index in [2.05, 4.69) is 20.0 Å². The fraction of sp³-hybridized carbons (Fsp3) is 0.346. The first-order valence-electron chi connectivity index (χ1n) is 23.4. The van der Waals surface area contributed by atoms with Crippen molar-refractivity contribution in [3.63, 3.8) is 0 Å². The van der Waals surface area contributed by atoms with Crippen LogP contribution >= 0.6 is 0 Å². The second kappa shape index (κ2) is 18.5. The number of aromatic nitrogens is 1. The minimum Gasteiger partial charge on any atom is -0.508 e. The zero-order valence-corrected chi connectivity index (χ0v) is 38.8. The molecule has 0 amide bonds. The number of benzene rings is 3. The number of nitrogens with zero attached hydrogens (tertiary/aromatic N) is 4. The molecule has 12 N–H and O–H groups in total. The van der Waals surface area contributed by atoms with Crippen LogP contribution in [0.15, 0.2) is 112 Å². The van der Waals surface area contributed by atoms with Crippen molar-refractivity contribution >= 4 is 41.1 Å². The first kappa shape index (κ1) is 48.0. The van der Waals surface area contributed by atoms with E-state index in [9.17, 15) is 45.6 Å². The number of carboxylic acid groups (broad SMARTS) is 1. The summed E-state index contributed by atoms with van der Waals surface area (Å²) in [7, 11) is 0. The molecule has 1 saturated carbocycles. The Labute approximate surface area is 411 Å². The molecule has 20 nitrogen and oxygen atoms in total. The predicted molar refractivity (Wildman–Crippen MR) is 259 cm³/mol. The monoisotopic (exact) mass is 985 g/mol. The van der Waals surface area contributed by atoms with Gasteiger partial charge in [0.1, 0.15) is 70.7 Å². The van der Waals surface area contributed by atoms with Crippen molar-refractivity contribution in [3.8, 4) is 34.5 Å². The summed E-state index contributed by atoms with van der Waals surface area (Å²) in [5, 5.41) is 99.9. The largest absolute Gasteiger partial charge is 0.508 e. The van der Waals surface area contributed by atoms with E-state index in [1.807, 2.05) is 13.0 Å². The van der Waals surface area contributed by atoms with Crippen molar-refractivity contribution < 1.29 is 74.7 Å². The second-order valence-corrected chi connectivity index (χ2v) is 18.7. The number of nitrogens with two attached hydrogens (primary N) is 2. The Hall–Kier alpha value is -7.62. The molecule has 1 aromatic heterocycles. The molecule has 2 aliphatic carbocycles. The molecule has 1 saturated heterocycles. The fourth-order valence-corrected chi connectivity index (χ4v) is 10.6. The Balaban J connectivity index is 1.06. The van der Waals surface area contributed by atoms with Crippen LogP contribution in [-0.4, -0.2) is 124 Å². The number of phenolic OH excluding ortho intramolecular Hbond substituents is 2. The number of rotatable bonds is 15. The third-order valence-electron chi connectivity index (χ3n) is 14.1. The summed E-state index contributed by atoms with van der Waals surface area (Å²) in [6.45, 7) is 1.77. The molecule has 4 aromatic rings. The van der Waals surface area contributed by atoms with Gasteiger partial charge >= 0.3 is 11.8 Å². The summed E-state index contributed by atoms with van der Waals surface area (Å²) in [6.07, 6.45) is 2.47. The van der Waals surface area contributed by atoms with Crippen molar-refractivity contribution in [1.29, 1.82) is 0 Å². The van der Waals surface area contributed by atoms with Gasteiger partial charge in [-0.15, -0.1) is 0 Å². The molecule has 0 radical (unpaired) electrons. The van der Waals surface area contributed by atoms with E-state index in [0.29, 0.717) is 60.3 Å². The number of aryl methyl sites for hydroxylation is 1. The molecule has 8 atom stereocenters. The van der Waals surface area contributed by atoms with Gasteiger partial charge in [-0.2, -0.15) is 0 Å². The molecule has 2 fully saturated rings. The van der Waals surface area contributed by atoms with Gasteiger partial charge in [-0.05, 0) is 114 Å². The van der Waals surface area contributed by atoms with Crippen LogP contribution < -0.4 is 30.1 Å². The van der Waals surface area contributed by atoms with Crippen LogP contribution in [0.3, 0.4) is 0 Å². The lowest BCUT2D eigenvalue weighted by Crippen LogP contribution is -2.79. The van der Waals surface area contributed by atoms with Gasteiger partial charge in [0.05, 0.1) is 18.2 Å². The second-order valence-electron chi connectivity index (χ2n) is 18.7. The van der Waals surface area contributed by atoms with Crippen molar-refractivity contribution in [2.75, 3.05) is 18.9 Å². The highest BCUT2D eigenvalue weighted by atomic mass is 16.7. The number of aliphatic hydroxyl groups excluding tert-OH is 3. The van der Waals surface area contributed by atoms with E-state index < -0.39 is 70.9 Å². The average molecular weight is 986 g/mol. The molecule has 0 spiro atoms. The van der Waals surface area contributed by atoms with Crippen LogP contribution in [-0.2, 0) is 28.0 Å². The quantitative estimate of drug-likeness (QED) is 0.0766. The smallest absolute Gasteiger partial charge is 0.336 e. The number of aliphatic carboxylic acids is 1. The molecule has 3 aromatic carbocycles. The van der Waals surface area contributed by atoms with E-state index in [4.69, 9.17) is 34.8 Å². The summed E-state index contributed by atoms with van der Waals surface area (Å²) in [4.78, 5) is 29.9. The lowest BCUT2D eigenvalue weighted by molar-refractivity contribution is -0.338. The summed E-state index contributed by atoms with van der Waals surface area (Å²) < 4.78 is 31.8. The number of phenols is 2. The Morgan fingerprint density at radius 3 is 2.47 bits per heavy atom. The number of fused-ring (bicyclic) bond motifs is 3. The predicted octanol–water partition coefficient (Wildman–Crippen LogP) is 2.72. The highest BCUT2D eigenvalue weighted by molar-refractivity contribution is 6.14. The van der Waals surface area contributed by atoms with Crippen molar-refractivity contribution in [3.05, 3.63) is 125 Å². The van der Waals surface area contributed by atoms with Gasteiger partial charge in [-0.25, -0.2) is 14.8 Å². The van der Waals surface area contributed by atoms with Crippen LogP contribution in [0.25, 0.3) is 5.76 Å². The number of pyridine rings is 1. The molecular weight excluding hydrogens is 933 g/mol. The van der Waals surface area contributed by atoms with Gasteiger partial charge in [-0.1, -0.05) is 30.7 Å². The number of aliphatic imine (C=N–C) groups is 3. The third-order valence-corrected chi connectivity index (χ3v) is 14.1. The van der Waals surface area contributed by atoms with Crippen LogP contribution in [0.1, 0.15) is 66.5 Å². The number of ether oxygens (including phenoxy) is 5. The van der Waals surface area contributed by atoms with Gasteiger partial charge < -0.3 is 70.3 Å². The molecule has 4 aliphatic heterocycles. The number of amidine groups is 1. The minimum atomic E-state index is -2.77. The lowest BCUT2D eigenvalue weighted by atomic mass is 9.60. The molecule has 72 heavy (non-hydrogen) atoms. The number of nitrogen functional groups attached to an aromatic ring is 1. The number of hydrogen-bond acceptors (Lipinski definition) is 17. The lowest BCUT2D eigenvalue weighted by Gasteiger charge is -2.57. The maximum absolute atomic E-state index is 13.3. The maximum atomic E-state index is 13.3. The first-order valence-corrected chi connectivity index (χ1v) is 23.4. The molecule has 6 aliphatic rings. The standard InChI is InChI=1S/C52H52N6O14/c1-2-26-16-30(19-31(59)17-26)50(12-3-4-13-50)72-45-39(21-38-42(44(45)62)35(60)20-37(69-38)28-5-7-32(8-6-28)68-24-36(61)33-9-10-40(53)58-33)70-49-51(66)22-29(15-27-11-14-56-41(54)18-27)43(34-23-55-25-57-34)52(67,48(51)65)46(71-49)47(63)64/h5-11,14,16-22,25,36-37,43,46,48-49,53,59-62,65-67H,2-4,12-13,15,23-24H2,1H3,(H2,54,56)(H,63,64)/p+1. The fourth-order valence-electron chi connectivity index (χ4n) is 10.6. The Morgan fingerprint density at radius 2 is 1.79 bits per heavy atom. The highest BCUT2D eigenvalue weighted by Gasteiger charge is 2.71. The molecule has 374 valence electrons. The van der Waals surface area contributed by atoms with Gasteiger partial charge in [0, 0.05) is 24.4 Å². The Bertz CT molecular complexity index is 3040. The Morgan fingerprint density at radius 1 is 1.01 bits per heavy atom. The van der Waals surface area contributed by atoms with Crippen molar-refractivity contribution in [2.45, 2.75) is 93.0 Å². The number of hydrogen-bond donors (Lipinski definition) is 10. The van der Waals surface area contributed by atoms with Gasteiger partial charge in [0.15, 0.2) is 35.0 Å². The van der Waals surface area contributed by atoms with E-state index in [-0.39, 0.29) is 71.1 Å². The van der Waals surface area contributed by atoms with Crippen LogP contribution in [0.5, 0.6) is 34.5 Å². The number of aromatic hydroxyl groups is 2. The maximum Gasteiger partial charge on any atom is 0.336 e. The SMILES string of the molecule is CCc1cc(O)cc(C2(Oc3c(OC4OC(C(=O)O)C5(O)C(C6=NC=NC6)C(Cc6ccnc(N)c6)=CC4(O)C5O)cc4c(c3O)C(O)=CC(c3ccc(OCC(O)C5=NC(=[NH2+])C=C5)cc3)O4)CCCC2)c1. The van der Waals surface area contributed by atoms with Gasteiger partial charge in [-0.3, -0.25) is 10.4 Å².